The zero-order chi connectivity index (χ0) is 15.4. The number of aromatic amines is 1. The molecule has 2 aromatic rings. The zero-order valence-corrected chi connectivity index (χ0v) is 12.2. The van der Waals surface area contributed by atoms with Gasteiger partial charge in [0.1, 0.15) is 11.8 Å². The van der Waals surface area contributed by atoms with Crippen LogP contribution in [0.2, 0.25) is 0 Å². The molecule has 1 aromatic heterocycles. The van der Waals surface area contributed by atoms with Gasteiger partial charge in [-0.1, -0.05) is 17.7 Å². The van der Waals surface area contributed by atoms with E-state index in [4.69, 9.17) is 0 Å². The molecule has 0 saturated carbocycles. The van der Waals surface area contributed by atoms with Crippen LogP contribution in [0.4, 0.5) is 0 Å². The summed E-state index contributed by atoms with van der Waals surface area (Å²) in [6.45, 7) is 4.44. The second-order valence-corrected chi connectivity index (χ2v) is 5.30. The predicted molar refractivity (Wildman–Crippen MR) is 82.5 cm³/mol. The Morgan fingerprint density at radius 3 is 2.86 bits per heavy atom. The first-order valence-corrected chi connectivity index (χ1v) is 6.86. The molecule has 2 rings (SSSR count). The number of rotatable bonds is 6. The van der Waals surface area contributed by atoms with Gasteiger partial charge in [0.05, 0.1) is 0 Å². The van der Waals surface area contributed by atoms with Gasteiger partial charge in [0.2, 0.25) is 0 Å². The lowest BCUT2D eigenvalue weighted by molar-refractivity contribution is -0.139. The van der Waals surface area contributed by atoms with Gasteiger partial charge in [0, 0.05) is 30.1 Å². The van der Waals surface area contributed by atoms with E-state index in [9.17, 15) is 15.0 Å². The molecule has 0 unspecified atom stereocenters. The van der Waals surface area contributed by atoms with Crippen LogP contribution in [0.3, 0.4) is 0 Å². The van der Waals surface area contributed by atoms with Crippen molar-refractivity contribution in [3.63, 3.8) is 0 Å². The van der Waals surface area contributed by atoms with Crippen LogP contribution in [0.15, 0.2) is 36.0 Å². The molecule has 0 bridgehead atoms. The average Bonchev–Trinajstić information content (AvgIpc) is 2.81. The van der Waals surface area contributed by atoms with Crippen LogP contribution >= 0.6 is 0 Å². The third-order valence-corrected chi connectivity index (χ3v) is 3.36. The fourth-order valence-electron chi connectivity index (χ4n) is 2.27. The number of carboxylic acid groups (broad SMARTS) is 1. The summed E-state index contributed by atoms with van der Waals surface area (Å²) >= 11 is 0. The number of benzene rings is 1. The normalized spacial score (nSPS) is 12.3. The van der Waals surface area contributed by atoms with Crippen LogP contribution in [0.25, 0.3) is 10.9 Å². The van der Waals surface area contributed by atoms with Gasteiger partial charge in [0.15, 0.2) is 0 Å². The van der Waals surface area contributed by atoms with Gasteiger partial charge < -0.3 is 20.5 Å². The molecule has 21 heavy (non-hydrogen) atoms. The fourth-order valence-corrected chi connectivity index (χ4v) is 2.27. The highest BCUT2D eigenvalue weighted by Crippen LogP contribution is 2.28. The number of fused-ring (bicyclic) bond motifs is 1. The topological polar surface area (TPSA) is 85.4 Å². The largest absolute Gasteiger partial charge is 0.507 e. The summed E-state index contributed by atoms with van der Waals surface area (Å²) in [5.74, 6) is -0.737. The van der Waals surface area contributed by atoms with E-state index in [0.29, 0.717) is 18.4 Å². The van der Waals surface area contributed by atoms with Crippen molar-refractivity contribution in [2.45, 2.75) is 26.3 Å². The highest BCUT2D eigenvalue weighted by atomic mass is 16.4. The Hall–Kier alpha value is -2.27. The van der Waals surface area contributed by atoms with Crippen molar-refractivity contribution < 1.29 is 15.0 Å². The number of allylic oxidation sites excluding steroid dienone is 1. The standard InChI is InChI=1S/C16H20N2O3/c1-10(2)6-7-17-13(16(20)21)8-11-9-18-12-4-3-5-14(19)15(11)12/h3-6,9,13,17-19H,7-8H2,1-2H3,(H,20,21)/t13-/m0/s1. The molecular formula is C16H20N2O3. The second kappa shape index (κ2) is 6.45. The van der Waals surface area contributed by atoms with E-state index in [-0.39, 0.29) is 5.75 Å². The SMILES string of the molecule is CC(C)=CCN[C@@H](Cc1c[nH]c2cccc(O)c12)C(=O)O. The summed E-state index contributed by atoms with van der Waals surface area (Å²) < 4.78 is 0. The van der Waals surface area contributed by atoms with E-state index < -0.39 is 12.0 Å². The van der Waals surface area contributed by atoms with Gasteiger partial charge in [-0.15, -0.1) is 0 Å². The Morgan fingerprint density at radius 1 is 1.43 bits per heavy atom. The van der Waals surface area contributed by atoms with Crippen LogP contribution in [-0.2, 0) is 11.2 Å². The van der Waals surface area contributed by atoms with Crippen LogP contribution in [0.1, 0.15) is 19.4 Å². The summed E-state index contributed by atoms with van der Waals surface area (Å²) in [6.07, 6.45) is 4.01. The van der Waals surface area contributed by atoms with Crippen molar-refractivity contribution in [3.05, 3.63) is 41.6 Å². The maximum Gasteiger partial charge on any atom is 0.321 e. The number of carbonyl (C=O) groups is 1. The van der Waals surface area contributed by atoms with Crippen LogP contribution in [-0.4, -0.2) is 33.8 Å². The molecule has 5 heteroatoms. The van der Waals surface area contributed by atoms with Crippen molar-refractivity contribution in [2.24, 2.45) is 0 Å². The smallest absolute Gasteiger partial charge is 0.321 e. The summed E-state index contributed by atoms with van der Waals surface area (Å²) in [7, 11) is 0. The van der Waals surface area contributed by atoms with Gasteiger partial charge in [-0.25, -0.2) is 0 Å². The molecule has 0 aliphatic heterocycles. The van der Waals surface area contributed by atoms with Gasteiger partial charge in [-0.3, -0.25) is 4.79 Å². The molecular weight excluding hydrogens is 268 g/mol. The van der Waals surface area contributed by atoms with Crippen molar-refractivity contribution in [1.82, 2.24) is 10.3 Å². The van der Waals surface area contributed by atoms with Crippen LogP contribution in [0.5, 0.6) is 5.75 Å². The monoisotopic (exact) mass is 288 g/mol. The minimum absolute atomic E-state index is 0.164. The van der Waals surface area contributed by atoms with Crippen molar-refractivity contribution in [2.75, 3.05) is 6.54 Å². The van der Waals surface area contributed by atoms with E-state index in [0.717, 1.165) is 16.7 Å². The molecule has 0 aliphatic carbocycles. The number of aromatic hydroxyl groups is 1. The molecule has 0 fully saturated rings. The first-order chi connectivity index (χ1) is 9.99. The molecule has 1 atom stereocenters. The summed E-state index contributed by atoms with van der Waals surface area (Å²) in [6, 6.07) is 4.51. The summed E-state index contributed by atoms with van der Waals surface area (Å²) in [5.41, 5.74) is 2.73. The Labute approximate surface area is 123 Å². The Morgan fingerprint density at radius 2 is 2.19 bits per heavy atom. The summed E-state index contributed by atoms with van der Waals surface area (Å²) in [4.78, 5) is 14.4. The lowest BCUT2D eigenvalue weighted by Gasteiger charge is -2.13. The molecule has 5 nitrogen and oxygen atoms in total. The highest BCUT2D eigenvalue weighted by molar-refractivity contribution is 5.89. The Bertz CT molecular complexity index is 669. The lowest BCUT2D eigenvalue weighted by Crippen LogP contribution is -2.38. The predicted octanol–water partition coefficient (Wildman–Crippen LogP) is 2.43. The number of phenolic OH excluding ortho intramolecular Hbond substituents is 1. The molecule has 1 heterocycles. The Balaban J connectivity index is 2.19. The summed E-state index contributed by atoms with van der Waals surface area (Å²) in [5, 5.41) is 23.0. The number of carboxylic acids is 1. The van der Waals surface area contributed by atoms with Gasteiger partial charge >= 0.3 is 5.97 Å². The van der Waals surface area contributed by atoms with Gasteiger partial charge in [0.25, 0.3) is 0 Å². The van der Waals surface area contributed by atoms with Gasteiger partial charge in [-0.05, 0) is 31.5 Å². The third kappa shape index (κ3) is 3.64. The van der Waals surface area contributed by atoms with Gasteiger partial charge in [-0.2, -0.15) is 0 Å². The molecule has 112 valence electrons. The number of aliphatic carboxylic acids is 1. The van der Waals surface area contributed by atoms with Crippen molar-refractivity contribution in [3.8, 4) is 5.75 Å². The van der Waals surface area contributed by atoms with E-state index in [1.807, 2.05) is 26.0 Å². The van der Waals surface area contributed by atoms with E-state index in [2.05, 4.69) is 10.3 Å². The van der Waals surface area contributed by atoms with E-state index in [1.54, 1.807) is 18.3 Å². The molecule has 0 aliphatic rings. The number of nitrogens with one attached hydrogen (secondary N) is 2. The maximum absolute atomic E-state index is 11.4. The van der Waals surface area contributed by atoms with Crippen molar-refractivity contribution in [1.29, 1.82) is 0 Å². The molecule has 0 amide bonds. The number of H-pyrrole nitrogens is 1. The van der Waals surface area contributed by atoms with E-state index in [1.165, 1.54) is 0 Å². The minimum atomic E-state index is -0.901. The number of hydrogen-bond acceptors (Lipinski definition) is 3. The number of aromatic nitrogens is 1. The van der Waals surface area contributed by atoms with Crippen molar-refractivity contribution >= 4 is 16.9 Å². The maximum atomic E-state index is 11.4. The van der Waals surface area contributed by atoms with Crippen LogP contribution < -0.4 is 5.32 Å². The molecule has 0 spiro atoms. The highest BCUT2D eigenvalue weighted by Gasteiger charge is 2.19. The lowest BCUT2D eigenvalue weighted by atomic mass is 10.0. The number of phenols is 1. The molecule has 1 aromatic carbocycles. The quantitative estimate of drug-likeness (QED) is 0.615. The number of hydrogen-bond donors (Lipinski definition) is 4. The molecule has 0 radical (unpaired) electrons. The fraction of sp³-hybridized carbons (Fsp3) is 0.312. The van der Waals surface area contributed by atoms with E-state index >= 15 is 0 Å². The average molecular weight is 288 g/mol. The minimum Gasteiger partial charge on any atom is -0.507 e. The second-order valence-electron chi connectivity index (χ2n) is 5.30. The van der Waals surface area contributed by atoms with Crippen LogP contribution in [0, 0.1) is 0 Å². The molecule has 4 N–H and O–H groups in total. The third-order valence-electron chi connectivity index (χ3n) is 3.36. The molecule has 0 saturated heterocycles. The first kappa shape index (κ1) is 15.1. The zero-order valence-electron chi connectivity index (χ0n) is 12.2. The Kier molecular flexibility index (Phi) is 4.65. The first-order valence-electron chi connectivity index (χ1n) is 6.86.